The van der Waals surface area contributed by atoms with E-state index in [1.54, 1.807) is 0 Å². The predicted octanol–water partition coefficient (Wildman–Crippen LogP) is 1.28. The zero-order valence-electron chi connectivity index (χ0n) is 7.36. The molecule has 1 unspecified atom stereocenters. The molecule has 1 aliphatic rings. The molecule has 1 atom stereocenters. The summed E-state index contributed by atoms with van der Waals surface area (Å²) in [4.78, 5) is 14.6. The summed E-state index contributed by atoms with van der Waals surface area (Å²) in [7, 11) is 0. The van der Waals surface area contributed by atoms with Crippen LogP contribution in [0.2, 0.25) is 0 Å². The summed E-state index contributed by atoms with van der Waals surface area (Å²) in [6.45, 7) is 2.05. The first-order valence-corrected chi connectivity index (χ1v) is 5.01. The van der Waals surface area contributed by atoms with Crippen LogP contribution in [0, 0.1) is 0 Å². The van der Waals surface area contributed by atoms with Crippen molar-refractivity contribution in [2.45, 2.75) is 25.9 Å². The van der Waals surface area contributed by atoms with Gasteiger partial charge in [-0.25, -0.2) is 4.79 Å². The molecule has 0 aromatic heterocycles. The molecule has 74 valence electrons. The van der Waals surface area contributed by atoms with E-state index in [9.17, 15) is 4.79 Å². The normalized spacial score (nSPS) is 25.0. The Hall–Kier alpha value is -0.750. The number of ether oxygens (including phenoxy) is 1. The molecular weight excluding hydrogens is 192 g/mol. The molecule has 1 amide bonds. The second kappa shape index (κ2) is 5.08. The van der Waals surface area contributed by atoms with Crippen molar-refractivity contribution in [1.29, 1.82) is 0 Å². The number of amides is 1. The van der Waals surface area contributed by atoms with Gasteiger partial charge >= 0.3 is 6.09 Å². The molecule has 13 heavy (non-hydrogen) atoms. The van der Waals surface area contributed by atoms with Crippen molar-refractivity contribution in [3.8, 4) is 0 Å². The van der Waals surface area contributed by atoms with E-state index >= 15 is 0 Å². The van der Waals surface area contributed by atoms with Gasteiger partial charge in [0.1, 0.15) is 11.1 Å². The van der Waals surface area contributed by atoms with Crippen molar-refractivity contribution in [2.24, 2.45) is 10.9 Å². The Morgan fingerprint density at radius 2 is 2.69 bits per heavy atom. The SMILES string of the molecule is CCCC1OCS/C1=N\OC(N)=O. The number of rotatable bonds is 3. The highest BCUT2D eigenvalue weighted by atomic mass is 32.2. The van der Waals surface area contributed by atoms with Crippen LogP contribution in [0.4, 0.5) is 4.79 Å². The zero-order valence-corrected chi connectivity index (χ0v) is 8.17. The van der Waals surface area contributed by atoms with Gasteiger partial charge in [-0.15, -0.1) is 0 Å². The molecule has 0 aromatic carbocycles. The van der Waals surface area contributed by atoms with Gasteiger partial charge in [-0.05, 0) is 6.42 Å². The number of hydrogen-bond donors (Lipinski definition) is 1. The van der Waals surface area contributed by atoms with Crippen LogP contribution < -0.4 is 5.73 Å². The zero-order chi connectivity index (χ0) is 9.68. The van der Waals surface area contributed by atoms with Crippen molar-refractivity contribution in [1.82, 2.24) is 0 Å². The Kier molecular flexibility index (Phi) is 4.04. The van der Waals surface area contributed by atoms with E-state index in [-0.39, 0.29) is 6.10 Å². The Morgan fingerprint density at radius 1 is 1.92 bits per heavy atom. The van der Waals surface area contributed by atoms with E-state index < -0.39 is 6.09 Å². The van der Waals surface area contributed by atoms with Gasteiger partial charge in [-0.2, -0.15) is 0 Å². The Labute approximate surface area is 80.6 Å². The van der Waals surface area contributed by atoms with Gasteiger partial charge in [0, 0.05) is 0 Å². The summed E-state index contributed by atoms with van der Waals surface area (Å²) in [6, 6.07) is 0. The molecule has 0 saturated carbocycles. The number of carbonyl (C=O) groups excluding carboxylic acids is 1. The van der Waals surface area contributed by atoms with Gasteiger partial charge in [0.15, 0.2) is 0 Å². The Balaban J connectivity index is 2.46. The monoisotopic (exact) mass is 204 g/mol. The topological polar surface area (TPSA) is 73.9 Å². The maximum absolute atomic E-state index is 10.3. The summed E-state index contributed by atoms with van der Waals surface area (Å²) >= 11 is 1.43. The second-order valence-electron chi connectivity index (χ2n) is 2.55. The lowest BCUT2D eigenvalue weighted by molar-refractivity contribution is 0.136. The second-order valence-corrected chi connectivity index (χ2v) is 3.49. The first kappa shape index (κ1) is 10.3. The summed E-state index contributed by atoms with van der Waals surface area (Å²) in [5.74, 6) is 0.561. The van der Waals surface area contributed by atoms with E-state index in [0.717, 1.165) is 12.8 Å². The molecule has 1 heterocycles. The molecule has 1 rings (SSSR count). The first-order valence-electron chi connectivity index (χ1n) is 4.02. The van der Waals surface area contributed by atoms with Gasteiger partial charge in [0.2, 0.25) is 0 Å². The number of nitrogens with two attached hydrogens (primary N) is 1. The molecule has 0 aliphatic carbocycles. The fourth-order valence-corrected chi connectivity index (χ4v) is 1.80. The average molecular weight is 204 g/mol. The van der Waals surface area contributed by atoms with Crippen LogP contribution in [-0.4, -0.2) is 23.2 Å². The molecule has 0 aromatic rings. The van der Waals surface area contributed by atoms with Crippen molar-refractivity contribution in [3.05, 3.63) is 0 Å². The van der Waals surface area contributed by atoms with Crippen molar-refractivity contribution < 1.29 is 14.4 Å². The molecule has 5 nitrogen and oxygen atoms in total. The van der Waals surface area contributed by atoms with Crippen LogP contribution in [0.3, 0.4) is 0 Å². The molecular formula is C7H12N2O3S. The standard InChI is InChI=1S/C7H12N2O3S/c1-2-3-5-6(13-4-11-5)9-12-7(8)10/h5H,2-4H2,1H3,(H2,8,10)/b9-6-. The number of oxime groups is 1. The molecule has 1 saturated heterocycles. The van der Waals surface area contributed by atoms with E-state index in [4.69, 9.17) is 10.5 Å². The van der Waals surface area contributed by atoms with Gasteiger partial charge in [0.05, 0.1) is 5.94 Å². The lowest BCUT2D eigenvalue weighted by atomic mass is 10.2. The molecule has 0 bridgehead atoms. The van der Waals surface area contributed by atoms with Crippen LogP contribution in [0.25, 0.3) is 0 Å². The molecule has 1 aliphatic heterocycles. The third-order valence-electron chi connectivity index (χ3n) is 1.53. The van der Waals surface area contributed by atoms with E-state index in [1.807, 2.05) is 0 Å². The Morgan fingerprint density at radius 3 is 3.31 bits per heavy atom. The van der Waals surface area contributed by atoms with Crippen LogP contribution in [0.5, 0.6) is 0 Å². The largest absolute Gasteiger partial charge is 0.430 e. The third kappa shape index (κ3) is 3.23. The number of thioether (sulfide) groups is 1. The van der Waals surface area contributed by atoms with E-state index in [2.05, 4.69) is 16.9 Å². The minimum atomic E-state index is -0.893. The van der Waals surface area contributed by atoms with Gasteiger partial charge < -0.3 is 10.5 Å². The van der Waals surface area contributed by atoms with Crippen LogP contribution in [0.15, 0.2) is 5.16 Å². The molecule has 2 N–H and O–H groups in total. The van der Waals surface area contributed by atoms with Crippen LogP contribution >= 0.6 is 11.8 Å². The minimum absolute atomic E-state index is 0.0330. The average Bonchev–Trinajstić information content (AvgIpc) is 2.49. The lowest BCUT2D eigenvalue weighted by Crippen LogP contribution is -2.16. The smallest absolute Gasteiger partial charge is 0.360 e. The van der Waals surface area contributed by atoms with Gasteiger partial charge in [0.25, 0.3) is 0 Å². The highest BCUT2D eigenvalue weighted by molar-refractivity contribution is 8.14. The molecule has 0 radical (unpaired) electrons. The summed E-state index contributed by atoms with van der Waals surface area (Å²) in [5.41, 5.74) is 4.77. The van der Waals surface area contributed by atoms with Crippen molar-refractivity contribution in [3.63, 3.8) is 0 Å². The van der Waals surface area contributed by atoms with Crippen molar-refractivity contribution in [2.75, 3.05) is 5.94 Å². The fourth-order valence-electron chi connectivity index (χ4n) is 0.985. The predicted molar refractivity (Wildman–Crippen MR) is 50.3 cm³/mol. The number of carbonyl (C=O) groups is 1. The van der Waals surface area contributed by atoms with Gasteiger partial charge in [-0.3, -0.25) is 4.84 Å². The highest BCUT2D eigenvalue weighted by Gasteiger charge is 2.24. The highest BCUT2D eigenvalue weighted by Crippen LogP contribution is 2.23. The summed E-state index contributed by atoms with van der Waals surface area (Å²) in [5, 5.41) is 4.30. The van der Waals surface area contributed by atoms with Crippen LogP contribution in [-0.2, 0) is 9.57 Å². The number of nitrogens with zero attached hydrogens (tertiary/aromatic N) is 1. The number of hydrogen-bond acceptors (Lipinski definition) is 5. The van der Waals surface area contributed by atoms with Gasteiger partial charge in [-0.1, -0.05) is 30.3 Å². The van der Waals surface area contributed by atoms with Crippen LogP contribution in [0.1, 0.15) is 19.8 Å². The number of primary amides is 1. The first-order chi connectivity index (χ1) is 6.24. The molecule has 1 fully saturated rings. The minimum Gasteiger partial charge on any atom is -0.360 e. The maximum atomic E-state index is 10.3. The summed E-state index contributed by atoms with van der Waals surface area (Å²) in [6.07, 6.45) is 0.957. The van der Waals surface area contributed by atoms with E-state index in [0.29, 0.717) is 11.0 Å². The quantitative estimate of drug-likeness (QED) is 0.555. The summed E-state index contributed by atoms with van der Waals surface area (Å²) < 4.78 is 5.34. The van der Waals surface area contributed by atoms with E-state index in [1.165, 1.54) is 11.8 Å². The Bertz CT molecular complexity index is 220. The van der Waals surface area contributed by atoms with Crippen molar-refractivity contribution >= 4 is 22.9 Å². The lowest BCUT2D eigenvalue weighted by Gasteiger charge is -2.05. The molecule has 6 heteroatoms. The molecule has 0 spiro atoms. The fraction of sp³-hybridized carbons (Fsp3) is 0.714. The third-order valence-corrected chi connectivity index (χ3v) is 2.42. The maximum Gasteiger partial charge on any atom is 0.430 e.